The molecule has 0 aliphatic carbocycles. The zero-order valence-corrected chi connectivity index (χ0v) is 6.51. The van der Waals surface area contributed by atoms with Gasteiger partial charge in [0.15, 0.2) is 6.79 Å². The molecule has 0 atom stereocenters. The van der Waals surface area contributed by atoms with Gasteiger partial charge in [-0.25, -0.2) is 4.79 Å². The number of amides is 1. The Balaban J connectivity index is 3.26. The molecule has 1 N–H and O–H groups in total. The third-order valence-electron chi connectivity index (χ3n) is 0.714. The SMILES string of the molecule is COCOC(=O)NC(C)C. The van der Waals surface area contributed by atoms with Gasteiger partial charge in [-0.15, -0.1) is 0 Å². The Hall–Kier alpha value is -0.770. The van der Waals surface area contributed by atoms with Gasteiger partial charge in [0.25, 0.3) is 0 Å². The minimum absolute atomic E-state index is 0.00144. The molecule has 0 bridgehead atoms. The van der Waals surface area contributed by atoms with Crippen molar-refractivity contribution >= 4 is 6.09 Å². The fraction of sp³-hybridized carbons (Fsp3) is 0.833. The highest BCUT2D eigenvalue weighted by Gasteiger charge is 2.01. The number of nitrogens with one attached hydrogen (secondary N) is 1. The molecule has 0 saturated carbocycles. The van der Waals surface area contributed by atoms with Gasteiger partial charge in [0.1, 0.15) is 0 Å². The lowest BCUT2D eigenvalue weighted by Gasteiger charge is -2.07. The van der Waals surface area contributed by atoms with Crippen LogP contribution in [0.5, 0.6) is 0 Å². The van der Waals surface area contributed by atoms with Gasteiger partial charge in [-0.05, 0) is 13.8 Å². The largest absolute Gasteiger partial charge is 0.422 e. The summed E-state index contributed by atoms with van der Waals surface area (Å²) in [6.07, 6.45) is -0.447. The zero-order valence-electron chi connectivity index (χ0n) is 6.51. The van der Waals surface area contributed by atoms with Crippen molar-refractivity contribution in [2.24, 2.45) is 0 Å². The second-order valence-corrected chi connectivity index (χ2v) is 2.14. The number of methoxy groups -OCH3 is 1. The number of rotatable bonds is 3. The quantitative estimate of drug-likeness (QED) is 0.598. The Morgan fingerprint density at radius 3 is 2.60 bits per heavy atom. The van der Waals surface area contributed by atoms with Crippen LogP contribution in [0.4, 0.5) is 4.79 Å². The Bertz CT molecular complexity index is 103. The van der Waals surface area contributed by atoms with Crippen molar-refractivity contribution in [1.29, 1.82) is 0 Å². The van der Waals surface area contributed by atoms with Gasteiger partial charge in [-0.3, -0.25) is 0 Å². The summed E-state index contributed by atoms with van der Waals surface area (Å²) in [6, 6.07) is 0.101. The summed E-state index contributed by atoms with van der Waals surface area (Å²) in [7, 11) is 1.46. The van der Waals surface area contributed by atoms with E-state index in [4.69, 9.17) is 0 Å². The van der Waals surface area contributed by atoms with Crippen molar-refractivity contribution in [2.45, 2.75) is 19.9 Å². The Morgan fingerprint density at radius 1 is 1.60 bits per heavy atom. The normalized spacial score (nSPS) is 9.60. The molecule has 4 heteroatoms. The van der Waals surface area contributed by atoms with Gasteiger partial charge in [-0.2, -0.15) is 0 Å². The molecule has 0 saturated heterocycles. The molecule has 10 heavy (non-hydrogen) atoms. The molecule has 0 aromatic heterocycles. The Morgan fingerprint density at radius 2 is 2.20 bits per heavy atom. The smallest absolute Gasteiger partial charge is 0.409 e. The van der Waals surface area contributed by atoms with Crippen LogP contribution in [0.25, 0.3) is 0 Å². The minimum atomic E-state index is -0.447. The summed E-state index contributed by atoms with van der Waals surface area (Å²) in [4.78, 5) is 10.6. The average Bonchev–Trinajstić information content (AvgIpc) is 1.82. The van der Waals surface area contributed by atoms with E-state index in [2.05, 4.69) is 14.8 Å². The highest BCUT2D eigenvalue weighted by Crippen LogP contribution is 1.81. The fourth-order valence-electron chi connectivity index (χ4n) is 0.390. The highest BCUT2D eigenvalue weighted by molar-refractivity contribution is 5.67. The second-order valence-electron chi connectivity index (χ2n) is 2.14. The molecular formula is C6H13NO3. The first-order chi connectivity index (χ1) is 4.66. The molecule has 0 fully saturated rings. The van der Waals surface area contributed by atoms with Gasteiger partial charge in [0.2, 0.25) is 0 Å². The third-order valence-corrected chi connectivity index (χ3v) is 0.714. The predicted octanol–water partition coefficient (Wildman–Crippen LogP) is 0.725. The number of hydrogen-bond acceptors (Lipinski definition) is 3. The van der Waals surface area contributed by atoms with Crippen LogP contribution in [-0.2, 0) is 9.47 Å². The van der Waals surface area contributed by atoms with Crippen molar-refractivity contribution in [1.82, 2.24) is 5.32 Å². The van der Waals surface area contributed by atoms with E-state index in [1.54, 1.807) is 0 Å². The summed E-state index contributed by atoms with van der Waals surface area (Å²) in [5.41, 5.74) is 0. The van der Waals surface area contributed by atoms with Crippen molar-refractivity contribution < 1.29 is 14.3 Å². The van der Waals surface area contributed by atoms with Crippen molar-refractivity contribution in [3.05, 3.63) is 0 Å². The molecule has 0 aliphatic heterocycles. The van der Waals surface area contributed by atoms with Gasteiger partial charge in [0, 0.05) is 13.2 Å². The standard InChI is InChI=1S/C6H13NO3/c1-5(2)7-6(8)10-4-9-3/h5H,4H2,1-3H3,(H,7,8). The lowest BCUT2D eigenvalue weighted by atomic mass is 10.4. The molecule has 0 unspecified atom stereocenters. The van der Waals surface area contributed by atoms with Crippen molar-refractivity contribution in [3.8, 4) is 0 Å². The molecule has 4 nitrogen and oxygen atoms in total. The molecule has 60 valence electrons. The molecular weight excluding hydrogens is 134 g/mol. The number of carbonyl (C=O) groups is 1. The molecule has 0 spiro atoms. The lowest BCUT2D eigenvalue weighted by Crippen LogP contribution is -2.31. The first-order valence-corrected chi connectivity index (χ1v) is 3.09. The monoisotopic (exact) mass is 147 g/mol. The van der Waals surface area contributed by atoms with Crippen LogP contribution in [0.1, 0.15) is 13.8 Å². The lowest BCUT2D eigenvalue weighted by molar-refractivity contribution is 0.0112. The van der Waals surface area contributed by atoms with E-state index in [1.807, 2.05) is 13.8 Å². The highest BCUT2D eigenvalue weighted by atomic mass is 16.7. The number of ether oxygens (including phenoxy) is 2. The number of hydrogen-bond donors (Lipinski definition) is 1. The number of alkyl carbamates (subject to hydrolysis) is 1. The van der Waals surface area contributed by atoms with Gasteiger partial charge >= 0.3 is 6.09 Å². The summed E-state index contributed by atoms with van der Waals surface area (Å²) in [6.45, 7) is 3.71. The third kappa shape index (κ3) is 5.37. The summed E-state index contributed by atoms with van der Waals surface area (Å²) < 4.78 is 9.04. The average molecular weight is 147 g/mol. The van der Waals surface area contributed by atoms with Crippen molar-refractivity contribution in [2.75, 3.05) is 13.9 Å². The second kappa shape index (κ2) is 5.05. The first-order valence-electron chi connectivity index (χ1n) is 3.09. The predicted molar refractivity (Wildman–Crippen MR) is 36.6 cm³/mol. The van der Waals surface area contributed by atoms with E-state index in [1.165, 1.54) is 7.11 Å². The minimum Gasteiger partial charge on any atom is -0.422 e. The molecule has 0 radical (unpaired) electrons. The molecule has 0 rings (SSSR count). The summed E-state index contributed by atoms with van der Waals surface area (Å²) >= 11 is 0. The Kier molecular flexibility index (Phi) is 4.66. The Labute approximate surface area is 60.5 Å². The maximum Gasteiger partial charge on any atom is 0.409 e. The van der Waals surface area contributed by atoms with Crippen LogP contribution in [0.2, 0.25) is 0 Å². The van der Waals surface area contributed by atoms with E-state index in [9.17, 15) is 4.79 Å². The van der Waals surface area contributed by atoms with Crippen molar-refractivity contribution in [3.63, 3.8) is 0 Å². The molecule has 0 aromatic rings. The van der Waals surface area contributed by atoms with E-state index in [-0.39, 0.29) is 12.8 Å². The zero-order chi connectivity index (χ0) is 7.98. The van der Waals surface area contributed by atoms with Crippen LogP contribution >= 0.6 is 0 Å². The topological polar surface area (TPSA) is 47.6 Å². The van der Waals surface area contributed by atoms with E-state index in [0.717, 1.165) is 0 Å². The molecule has 0 aromatic carbocycles. The van der Waals surface area contributed by atoms with Gasteiger partial charge in [0.05, 0.1) is 0 Å². The first kappa shape index (κ1) is 9.23. The van der Waals surface area contributed by atoms with Crippen LogP contribution in [0.3, 0.4) is 0 Å². The summed E-state index contributed by atoms with van der Waals surface area (Å²) in [5, 5.41) is 2.54. The maximum absolute atomic E-state index is 10.6. The van der Waals surface area contributed by atoms with Gasteiger partial charge < -0.3 is 14.8 Å². The van der Waals surface area contributed by atoms with E-state index >= 15 is 0 Å². The van der Waals surface area contributed by atoms with Crippen LogP contribution in [-0.4, -0.2) is 26.0 Å². The van der Waals surface area contributed by atoms with Crippen LogP contribution in [0, 0.1) is 0 Å². The number of carbonyl (C=O) groups excluding carboxylic acids is 1. The fourth-order valence-corrected chi connectivity index (χ4v) is 0.390. The molecule has 1 amide bonds. The van der Waals surface area contributed by atoms with E-state index < -0.39 is 6.09 Å². The van der Waals surface area contributed by atoms with Crippen LogP contribution in [0.15, 0.2) is 0 Å². The van der Waals surface area contributed by atoms with Gasteiger partial charge in [-0.1, -0.05) is 0 Å². The van der Waals surface area contributed by atoms with Crippen LogP contribution < -0.4 is 5.32 Å². The molecule has 0 aliphatic rings. The van der Waals surface area contributed by atoms with E-state index in [0.29, 0.717) is 0 Å². The molecule has 0 heterocycles. The summed E-state index contributed by atoms with van der Waals surface area (Å²) in [5.74, 6) is 0. The maximum atomic E-state index is 10.6.